The van der Waals surface area contributed by atoms with E-state index in [9.17, 15) is 14.4 Å². The molecule has 1 saturated carbocycles. The molecule has 1 aromatic carbocycles. The number of rotatable bonds is 4. The van der Waals surface area contributed by atoms with Crippen LogP contribution in [0.15, 0.2) is 18.2 Å². The number of halogens is 1. The molecule has 0 spiro atoms. The molecule has 0 bridgehead atoms. The van der Waals surface area contributed by atoms with Crippen LogP contribution >= 0.6 is 11.6 Å². The van der Waals surface area contributed by atoms with Crippen molar-refractivity contribution in [3.05, 3.63) is 28.8 Å². The van der Waals surface area contributed by atoms with E-state index >= 15 is 0 Å². The standard InChI is InChI=1S/C18H23ClN4O3/c1-12-14(19)3-2-4-15(12)21-16(24)11-22-7-9-23(10-8-22)18(26)17(25)20-13-5-6-13/h2-4,13H,5-11H2,1H3,(H,20,25)(H,21,24). The minimum Gasteiger partial charge on any atom is -0.345 e. The zero-order valence-electron chi connectivity index (χ0n) is 14.8. The number of amides is 3. The van der Waals surface area contributed by atoms with Gasteiger partial charge in [-0.3, -0.25) is 19.3 Å². The largest absolute Gasteiger partial charge is 0.345 e. The number of hydrogen-bond donors (Lipinski definition) is 2. The number of carbonyl (C=O) groups excluding carboxylic acids is 3. The monoisotopic (exact) mass is 378 g/mol. The first-order valence-corrected chi connectivity index (χ1v) is 9.19. The third kappa shape index (κ3) is 4.74. The number of anilines is 1. The van der Waals surface area contributed by atoms with Crippen LogP contribution in [0.25, 0.3) is 0 Å². The van der Waals surface area contributed by atoms with E-state index in [1.807, 2.05) is 17.9 Å². The van der Waals surface area contributed by atoms with Crippen molar-refractivity contribution in [2.75, 3.05) is 38.0 Å². The third-order valence-electron chi connectivity index (χ3n) is 4.68. The van der Waals surface area contributed by atoms with Crippen molar-refractivity contribution in [1.29, 1.82) is 0 Å². The molecule has 2 N–H and O–H groups in total. The highest BCUT2D eigenvalue weighted by Crippen LogP contribution is 2.23. The lowest BCUT2D eigenvalue weighted by atomic mass is 10.2. The molecular formula is C18H23ClN4O3. The molecule has 3 amide bonds. The summed E-state index contributed by atoms with van der Waals surface area (Å²) in [5.41, 5.74) is 1.53. The van der Waals surface area contributed by atoms with Gasteiger partial charge in [0.2, 0.25) is 5.91 Å². The summed E-state index contributed by atoms with van der Waals surface area (Å²) in [7, 11) is 0. The van der Waals surface area contributed by atoms with Gasteiger partial charge in [0, 0.05) is 42.9 Å². The van der Waals surface area contributed by atoms with Gasteiger partial charge in [0.15, 0.2) is 0 Å². The summed E-state index contributed by atoms with van der Waals surface area (Å²) < 4.78 is 0. The van der Waals surface area contributed by atoms with E-state index < -0.39 is 11.8 Å². The molecule has 7 nitrogen and oxygen atoms in total. The Morgan fingerprint density at radius 2 is 1.85 bits per heavy atom. The van der Waals surface area contributed by atoms with Gasteiger partial charge in [-0.05, 0) is 37.5 Å². The van der Waals surface area contributed by atoms with Crippen molar-refractivity contribution in [2.45, 2.75) is 25.8 Å². The number of carbonyl (C=O) groups is 3. The second-order valence-electron chi connectivity index (χ2n) is 6.78. The van der Waals surface area contributed by atoms with Crippen LogP contribution in [-0.4, -0.2) is 66.3 Å². The fraction of sp³-hybridized carbons (Fsp3) is 0.500. The molecule has 1 aliphatic heterocycles. The molecular weight excluding hydrogens is 356 g/mol. The number of nitrogens with one attached hydrogen (secondary N) is 2. The summed E-state index contributed by atoms with van der Waals surface area (Å²) in [6.45, 7) is 4.10. The first-order valence-electron chi connectivity index (χ1n) is 8.81. The highest BCUT2D eigenvalue weighted by atomic mass is 35.5. The Bertz CT molecular complexity index is 712. The summed E-state index contributed by atoms with van der Waals surface area (Å²) in [6, 6.07) is 5.56. The summed E-state index contributed by atoms with van der Waals surface area (Å²) in [4.78, 5) is 39.7. The summed E-state index contributed by atoms with van der Waals surface area (Å²) >= 11 is 6.06. The fourth-order valence-electron chi connectivity index (χ4n) is 2.86. The van der Waals surface area contributed by atoms with Gasteiger partial charge in [0.25, 0.3) is 0 Å². The Morgan fingerprint density at radius 1 is 1.15 bits per heavy atom. The van der Waals surface area contributed by atoms with Crippen LogP contribution in [0.4, 0.5) is 5.69 Å². The smallest absolute Gasteiger partial charge is 0.311 e. The second kappa shape index (κ2) is 8.05. The van der Waals surface area contributed by atoms with Crippen LogP contribution in [-0.2, 0) is 14.4 Å². The average molecular weight is 379 g/mol. The molecule has 8 heteroatoms. The van der Waals surface area contributed by atoms with Gasteiger partial charge in [-0.15, -0.1) is 0 Å². The molecule has 0 unspecified atom stereocenters. The van der Waals surface area contributed by atoms with E-state index in [0.717, 1.165) is 18.4 Å². The minimum atomic E-state index is -0.518. The molecule has 3 rings (SSSR count). The predicted octanol–water partition coefficient (Wildman–Crippen LogP) is 1.01. The molecule has 1 heterocycles. The molecule has 1 saturated heterocycles. The Kier molecular flexibility index (Phi) is 5.78. The van der Waals surface area contributed by atoms with Crippen LogP contribution < -0.4 is 10.6 Å². The van der Waals surface area contributed by atoms with Crippen LogP contribution in [0.3, 0.4) is 0 Å². The Morgan fingerprint density at radius 3 is 2.50 bits per heavy atom. The maximum absolute atomic E-state index is 12.3. The Balaban J connectivity index is 1.44. The zero-order valence-corrected chi connectivity index (χ0v) is 15.5. The van der Waals surface area contributed by atoms with Crippen LogP contribution in [0.1, 0.15) is 18.4 Å². The van der Waals surface area contributed by atoms with E-state index in [1.165, 1.54) is 0 Å². The molecule has 2 aliphatic rings. The van der Waals surface area contributed by atoms with Crippen molar-refractivity contribution < 1.29 is 14.4 Å². The van der Waals surface area contributed by atoms with Crippen molar-refractivity contribution in [3.63, 3.8) is 0 Å². The van der Waals surface area contributed by atoms with Gasteiger partial charge in [-0.25, -0.2) is 0 Å². The van der Waals surface area contributed by atoms with E-state index in [-0.39, 0.29) is 18.5 Å². The fourth-order valence-corrected chi connectivity index (χ4v) is 3.04. The quantitative estimate of drug-likeness (QED) is 0.766. The summed E-state index contributed by atoms with van der Waals surface area (Å²) in [6.07, 6.45) is 1.90. The molecule has 0 atom stereocenters. The second-order valence-corrected chi connectivity index (χ2v) is 7.18. The highest BCUT2D eigenvalue weighted by molar-refractivity contribution is 6.35. The van der Waals surface area contributed by atoms with Crippen molar-refractivity contribution in [1.82, 2.24) is 15.1 Å². The van der Waals surface area contributed by atoms with Gasteiger partial charge in [0.1, 0.15) is 0 Å². The Labute approximate surface area is 157 Å². The van der Waals surface area contributed by atoms with E-state index in [2.05, 4.69) is 10.6 Å². The number of hydrogen-bond acceptors (Lipinski definition) is 4. The van der Waals surface area contributed by atoms with Crippen LogP contribution in [0.5, 0.6) is 0 Å². The third-order valence-corrected chi connectivity index (χ3v) is 5.08. The Hall–Kier alpha value is -2.12. The van der Waals surface area contributed by atoms with E-state index in [1.54, 1.807) is 17.0 Å². The highest BCUT2D eigenvalue weighted by Gasteiger charge is 2.30. The summed E-state index contributed by atoms with van der Waals surface area (Å²) in [5, 5.41) is 6.19. The first kappa shape index (κ1) is 18.7. The van der Waals surface area contributed by atoms with Crippen LogP contribution in [0.2, 0.25) is 5.02 Å². The lowest BCUT2D eigenvalue weighted by molar-refractivity contribution is -0.147. The lowest BCUT2D eigenvalue weighted by Crippen LogP contribution is -2.53. The molecule has 26 heavy (non-hydrogen) atoms. The topological polar surface area (TPSA) is 81.8 Å². The number of nitrogens with zero attached hydrogens (tertiary/aromatic N) is 2. The number of piperazine rings is 1. The lowest BCUT2D eigenvalue weighted by Gasteiger charge is -2.33. The van der Waals surface area contributed by atoms with Crippen molar-refractivity contribution >= 4 is 35.0 Å². The first-order chi connectivity index (χ1) is 12.4. The van der Waals surface area contributed by atoms with E-state index in [4.69, 9.17) is 11.6 Å². The molecule has 0 radical (unpaired) electrons. The molecule has 140 valence electrons. The molecule has 1 aliphatic carbocycles. The summed E-state index contributed by atoms with van der Waals surface area (Å²) in [5.74, 6) is -1.12. The molecule has 2 fully saturated rings. The van der Waals surface area contributed by atoms with Crippen molar-refractivity contribution in [3.8, 4) is 0 Å². The normalized spacial score (nSPS) is 17.7. The SMILES string of the molecule is Cc1c(Cl)cccc1NC(=O)CN1CCN(C(=O)C(=O)NC2CC2)CC1. The van der Waals surface area contributed by atoms with Gasteiger partial charge in [0.05, 0.1) is 6.54 Å². The zero-order chi connectivity index (χ0) is 18.7. The van der Waals surface area contributed by atoms with Gasteiger partial charge in [-0.1, -0.05) is 17.7 Å². The maximum atomic E-state index is 12.3. The predicted molar refractivity (Wildman–Crippen MR) is 99.0 cm³/mol. The molecule has 1 aromatic rings. The van der Waals surface area contributed by atoms with Gasteiger partial charge in [-0.2, -0.15) is 0 Å². The van der Waals surface area contributed by atoms with Gasteiger partial charge < -0.3 is 15.5 Å². The minimum absolute atomic E-state index is 0.124. The molecule has 0 aromatic heterocycles. The maximum Gasteiger partial charge on any atom is 0.311 e. The van der Waals surface area contributed by atoms with Crippen LogP contribution in [0, 0.1) is 6.92 Å². The average Bonchev–Trinajstić information content (AvgIpc) is 3.43. The van der Waals surface area contributed by atoms with Gasteiger partial charge >= 0.3 is 11.8 Å². The number of benzene rings is 1. The van der Waals surface area contributed by atoms with Crippen molar-refractivity contribution in [2.24, 2.45) is 0 Å². The van der Waals surface area contributed by atoms with E-state index in [0.29, 0.717) is 36.9 Å².